The average Bonchev–Trinajstić information content (AvgIpc) is 3.63. The summed E-state index contributed by atoms with van der Waals surface area (Å²) in [7, 11) is 0. The third-order valence-electron chi connectivity index (χ3n) is 8.77. The Balaban J connectivity index is 1.93. The lowest BCUT2D eigenvalue weighted by atomic mass is 9.99. The van der Waals surface area contributed by atoms with Crippen molar-refractivity contribution in [3.05, 3.63) is 75.9 Å². The van der Waals surface area contributed by atoms with Crippen LogP contribution in [0, 0.1) is 13.8 Å². The second-order valence-corrected chi connectivity index (χ2v) is 11.8. The maximum atomic E-state index is 12.0. The summed E-state index contributed by atoms with van der Waals surface area (Å²) >= 11 is 0. The van der Waals surface area contributed by atoms with E-state index in [1.54, 1.807) is 6.08 Å². The number of carbonyl (C=O) groups is 3. The summed E-state index contributed by atoms with van der Waals surface area (Å²) in [6.07, 6.45) is 1.68. The van der Waals surface area contributed by atoms with Crippen LogP contribution in [-0.4, -0.2) is 54.2 Å². The van der Waals surface area contributed by atoms with Crippen molar-refractivity contribution in [3.8, 4) is 0 Å². The van der Waals surface area contributed by atoms with Crippen molar-refractivity contribution >= 4 is 68.3 Å². The Morgan fingerprint density at radius 1 is 0.804 bits per heavy atom. The van der Waals surface area contributed by atoms with Gasteiger partial charge in [-0.1, -0.05) is 12.7 Å². The van der Waals surface area contributed by atoms with Crippen LogP contribution in [0.25, 0.3) is 50.4 Å². The Morgan fingerprint density at radius 3 is 2.04 bits per heavy atom. The zero-order valence-corrected chi connectivity index (χ0v) is 26.9. The summed E-state index contributed by atoms with van der Waals surface area (Å²) in [6, 6.07) is 7.69. The molecule has 0 aromatic carbocycles. The molecule has 5 rings (SSSR count). The Morgan fingerprint density at radius 2 is 1.39 bits per heavy atom. The number of fused-ring (bicyclic) bond motifs is 8. The number of aryl methyl sites for hydroxylation is 3. The van der Waals surface area contributed by atoms with Gasteiger partial charge in [0.1, 0.15) is 6.10 Å². The number of nitrogens with one attached hydrogen (secondary N) is 2. The molecule has 0 aliphatic carbocycles. The summed E-state index contributed by atoms with van der Waals surface area (Å²) < 4.78 is 5.62. The van der Waals surface area contributed by atoms with Crippen molar-refractivity contribution in [3.63, 3.8) is 0 Å². The molecule has 0 fully saturated rings. The highest BCUT2D eigenvalue weighted by molar-refractivity contribution is 5.97. The van der Waals surface area contributed by atoms with Crippen molar-refractivity contribution in [1.82, 2.24) is 19.9 Å². The van der Waals surface area contributed by atoms with Crippen LogP contribution in [-0.2, 0) is 25.5 Å². The lowest BCUT2D eigenvalue weighted by Crippen LogP contribution is -2.14. The maximum Gasteiger partial charge on any atom is 0.303 e. The van der Waals surface area contributed by atoms with Crippen LogP contribution in [0.2, 0.25) is 0 Å². The van der Waals surface area contributed by atoms with E-state index in [1.165, 1.54) is 6.92 Å². The van der Waals surface area contributed by atoms with E-state index in [9.17, 15) is 24.6 Å². The molecule has 10 heteroatoms. The molecule has 3 aromatic heterocycles. The first-order chi connectivity index (χ1) is 21.8. The number of aromatic nitrogens is 4. The monoisotopic (exact) mass is 622 g/mol. The number of carboxylic acid groups (broad SMARTS) is 2. The second kappa shape index (κ2) is 12.6. The molecular formula is C36H38N4O6. The number of allylic oxidation sites excluding steroid dienone is 3. The summed E-state index contributed by atoms with van der Waals surface area (Å²) in [5.41, 5.74) is 12.6. The van der Waals surface area contributed by atoms with Crippen molar-refractivity contribution < 1.29 is 29.3 Å². The number of H-pyrrole nitrogens is 2. The van der Waals surface area contributed by atoms with Crippen LogP contribution < -0.4 is 0 Å². The van der Waals surface area contributed by atoms with Gasteiger partial charge in [-0.15, -0.1) is 0 Å². The lowest BCUT2D eigenvalue weighted by molar-refractivity contribution is -0.143. The first kappa shape index (κ1) is 32.2. The first-order valence-corrected chi connectivity index (χ1v) is 15.2. The molecule has 1 atom stereocenters. The minimum absolute atomic E-state index is 0.0475. The normalized spacial score (nSPS) is 13.6. The van der Waals surface area contributed by atoms with E-state index in [4.69, 9.17) is 14.7 Å². The van der Waals surface area contributed by atoms with Crippen molar-refractivity contribution in [1.29, 1.82) is 0 Å². The largest absolute Gasteiger partial charge is 0.481 e. The van der Waals surface area contributed by atoms with Crippen LogP contribution in [0.3, 0.4) is 0 Å². The molecule has 1 unspecified atom stereocenters. The first-order valence-electron chi connectivity index (χ1n) is 15.2. The Kier molecular flexibility index (Phi) is 8.83. The van der Waals surface area contributed by atoms with Gasteiger partial charge in [0.15, 0.2) is 0 Å². The van der Waals surface area contributed by atoms with Crippen LogP contribution in [0.15, 0.2) is 30.8 Å². The standard InChI is InChI=1S/C36H38N4O6/c1-8-23-17(2)28-15-33-36(21(6)46-22(7)41)20(5)29(40-33)13-26-18(3)24(9-11-34(42)43)31(38-26)16-32-25(10-12-35(44)45)19(4)27(39-32)14-30(23)37-28/h8,13-16,21,37,39H,1,9-12H2,2-7H3,(H,42,43)(H,44,45). The van der Waals surface area contributed by atoms with E-state index >= 15 is 0 Å². The topological polar surface area (TPSA) is 158 Å². The lowest BCUT2D eigenvalue weighted by Gasteiger charge is -2.14. The third kappa shape index (κ3) is 6.15. The molecule has 0 spiro atoms. The molecule has 46 heavy (non-hydrogen) atoms. The highest BCUT2D eigenvalue weighted by Crippen LogP contribution is 2.38. The van der Waals surface area contributed by atoms with Crippen LogP contribution in [0.5, 0.6) is 0 Å². The van der Waals surface area contributed by atoms with Gasteiger partial charge in [0, 0.05) is 53.0 Å². The molecule has 8 bridgehead atoms. The molecule has 3 aromatic rings. The fourth-order valence-corrected chi connectivity index (χ4v) is 6.33. The predicted octanol–water partition coefficient (Wildman–Crippen LogP) is 7.27. The number of carbonyl (C=O) groups excluding carboxylic acids is 1. The summed E-state index contributed by atoms with van der Waals surface area (Å²) in [5.74, 6) is -2.21. The summed E-state index contributed by atoms with van der Waals surface area (Å²) in [6.45, 7) is 15.1. The minimum Gasteiger partial charge on any atom is -0.481 e. The highest BCUT2D eigenvalue weighted by Gasteiger charge is 2.26. The van der Waals surface area contributed by atoms with E-state index < -0.39 is 24.0 Å². The molecule has 4 N–H and O–H groups in total. The molecule has 0 radical (unpaired) electrons. The number of aliphatic carboxylic acids is 2. The van der Waals surface area contributed by atoms with Crippen molar-refractivity contribution in [2.24, 2.45) is 0 Å². The van der Waals surface area contributed by atoms with Gasteiger partial charge in [-0.2, -0.15) is 0 Å². The van der Waals surface area contributed by atoms with Crippen LogP contribution in [0.1, 0.15) is 92.0 Å². The van der Waals surface area contributed by atoms with E-state index in [0.29, 0.717) is 29.2 Å². The number of nitrogens with zero attached hydrogens (tertiary/aromatic N) is 2. The van der Waals surface area contributed by atoms with Gasteiger partial charge in [-0.05, 0) is 105 Å². The molecule has 10 nitrogen and oxygen atoms in total. The second-order valence-electron chi connectivity index (χ2n) is 11.8. The van der Waals surface area contributed by atoms with Crippen molar-refractivity contribution in [2.75, 3.05) is 0 Å². The Bertz CT molecular complexity index is 2040. The van der Waals surface area contributed by atoms with Crippen LogP contribution >= 0.6 is 0 Å². The van der Waals surface area contributed by atoms with Crippen LogP contribution in [0.4, 0.5) is 0 Å². The zero-order valence-electron chi connectivity index (χ0n) is 26.9. The average molecular weight is 623 g/mol. The highest BCUT2D eigenvalue weighted by atomic mass is 16.5. The summed E-state index contributed by atoms with van der Waals surface area (Å²) in [5, 5.41) is 19.0. The van der Waals surface area contributed by atoms with Crippen molar-refractivity contribution in [2.45, 2.75) is 73.3 Å². The molecule has 238 valence electrons. The van der Waals surface area contributed by atoms with Gasteiger partial charge in [0.25, 0.3) is 0 Å². The number of hydrogen-bond acceptors (Lipinski definition) is 6. The number of ether oxygens (including phenoxy) is 1. The zero-order chi connectivity index (χ0) is 33.4. The van der Waals surface area contributed by atoms with E-state index in [-0.39, 0.29) is 19.3 Å². The smallest absolute Gasteiger partial charge is 0.303 e. The Hall–Kier alpha value is -5.25. The molecule has 0 saturated heterocycles. The fourth-order valence-electron chi connectivity index (χ4n) is 6.33. The molecule has 5 heterocycles. The van der Waals surface area contributed by atoms with Gasteiger partial charge in [-0.25, -0.2) is 9.97 Å². The van der Waals surface area contributed by atoms with E-state index in [1.807, 2.05) is 58.9 Å². The Labute approximate surface area is 266 Å². The number of rotatable bonds is 9. The number of hydrogen-bond donors (Lipinski definition) is 4. The van der Waals surface area contributed by atoms with Gasteiger partial charge in [0.2, 0.25) is 0 Å². The van der Waals surface area contributed by atoms with Gasteiger partial charge in [-0.3, -0.25) is 14.4 Å². The maximum absolute atomic E-state index is 12.0. The fraction of sp³-hybridized carbons (Fsp3) is 0.306. The van der Waals surface area contributed by atoms with E-state index in [2.05, 4.69) is 16.5 Å². The third-order valence-corrected chi connectivity index (χ3v) is 8.77. The molecule has 0 amide bonds. The molecular weight excluding hydrogens is 584 g/mol. The predicted molar refractivity (Wildman–Crippen MR) is 180 cm³/mol. The number of aromatic amines is 2. The SMILES string of the molecule is C=Cc1c(C)c2cc3nc(cc4nc(cc5[nH]c(cc1[nH]2)c(C)c5CCC(=O)O)C(CCC(=O)O)=C4C)C(C)=C3C(C)OC(C)=O. The number of carboxylic acids is 2. The van der Waals surface area contributed by atoms with Gasteiger partial charge >= 0.3 is 17.9 Å². The quantitative estimate of drug-likeness (QED) is 0.181. The molecule has 2 aliphatic rings. The number of esters is 1. The minimum atomic E-state index is -0.915. The summed E-state index contributed by atoms with van der Waals surface area (Å²) in [4.78, 5) is 52.1. The van der Waals surface area contributed by atoms with E-state index in [0.717, 1.165) is 66.6 Å². The molecule has 0 saturated carbocycles. The van der Waals surface area contributed by atoms with Gasteiger partial charge in [0.05, 0.1) is 22.8 Å². The van der Waals surface area contributed by atoms with Gasteiger partial charge < -0.3 is 24.9 Å². The molecule has 2 aliphatic heterocycles.